The molecule has 0 bridgehead atoms. The molecule has 5 rings (SSSR count). The van der Waals surface area contributed by atoms with Crippen molar-refractivity contribution in [1.29, 1.82) is 0 Å². The highest BCUT2D eigenvalue weighted by Crippen LogP contribution is 2.69. The first-order valence-corrected chi connectivity index (χ1v) is 14.2. The lowest BCUT2D eigenvalue weighted by Crippen LogP contribution is -2.65. The zero-order valence-electron chi connectivity index (χ0n) is 22.2. The Balaban J connectivity index is 1.34. The number of anilines is 1. The summed E-state index contributed by atoms with van der Waals surface area (Å²) in [5.41, 5.74) is -0.202. The predicted molar refractivity (Wildman–Crippen MR) is 134 cm³/mol. The van der Waals surface area contributed by atoms with Crippen LogP contribution in [0.1, 0.15) is 85.5 Å². The van der Waals surface area contributed by atoms with Crippen LogP contribution in [0.15, 0.2) is 0 Å². The maximum absolute atomic E-state index is 12.4. The number of nitrogens with zero attached hydrogens (tertiary/aromatic N) is 3. The second kappa shape index (κ2) is 9.62. The molecule has 12 atom stereocenters. The SMILES string of the molecule is CC[C@H]1[C@@H](O)C2C3CCC([C@H](C)CCC(=O)Nc4nnn[nH]4)[C@@]3(C)[C@@H](O)CC2[C@@]2(C)CC[C@@H](O)C[C@@H]12. The van der Waals surface area contributed by atoms with E-state index >= 15 is 0 Å². The first-order valence-electron chi connectivity index (χ1n) is 14.2. The Labute approximate surface area is 214 Å². The van der Waals surface area contributed by atoms with E-state index in [1.165, 1.54) is 0 Å². The fraction of sp³-hybridized carbons (Fsp3) is 0.926. The van der Waals surface area contributed by atoms with Gasteiger partial charge in [-0.2, -0.15) is 0 Å². The molecule has 202 valence electrons. The van der Waals surface area contributed by atoms with Crippen LogP contribution in [0.5, 0.6) is 0 Å². The number of carbonyl (C=O) groups excluding carboxylic acids is 1. The average Bonchev–Trinajstić information content (AvgIpc) is 3.48. The number of aromatic nitrogens is 4. The van der Waals surface area contributed by atoms with Crippen molar-refractivity contribution in [3.05, 3.63) is 0 Å². The van der Waals surface area contributed by atoms with Gasteiger partial charge < -0.3 is 15.3 Å². The standard InChI is InChI=1S/C27H45N5O4/c1-5-16-19-12-15(33)10-11-26(19,3)20-13-21(34)27(4)17(7-8-18(27)23(20)24(16)36)14(2)6-9-22(35)28-25-29-31-32-30-25/h14-21,23-24,33-34,36H,5-13H2,1-4H3,(H2,28,29,30,31,32,35)/t14-,15-,16-,17?,18?,19+,20?,21+,23?,24-,26+,27-/m1/s1. The van der Waals surface area contributed by atoms with Crippen molar-refractivity contribution < 1.29 is 20.1 Å². The molecule has 1 amide bonds. The van der Waals surface area contributed by atoms with Gasteiger partial charge in [-0.1, -0.05) is 39.2 Å². The van der Waals surface area contributed by atoms with Gasteiger partial charge in [0.1, 0.15) is 0 Å². The molecule has 0 radical (unpaired) electrons. The fourth-order valence-electron chi connectivity index (χ4n) is 9.86. The molecule has 1 aromatic rings. The number of carbonyl (C=O) groups is 1. The molecule has 4 unspecified atom stereocenters. The molecule has 1 heterocycles. The summed E-state index contributed by atoms with van der Waals surface area (Å²) in [4.78, 5) is 12.4. The number of aromatic amines is 1. The van der Waals surface area contributed by atoms with E-state index in [1.807, 2.05) is 0 Å². The maximum Gasteiger partial charge on any atom is 0.246 e. The fourth-order valence-corrected chi connectivity index (χ4v) is 9.86. The number of hydrogen-bond acceptors (Lipinski definition) is 7. The van der Waals surface area contributed by atoms with Crippen LogP contribution in [0.2, 0.25) is 0 Å². The minimum Gasteiger partial charge on any atom is -0.393 e. The van der Waals surface area contributed by atoms with Crippen molar-refractivity contribution in [3.8, 4) is 0 Å². The molecule has 4 aliphatic rings. The zero-order valence-corrected chi connectivity index (χ0v) is 22.2. The average molecular weight is 504 g/mol. The van der Waals surface area contributed by atoms with Gasteiger partial charge in [0.05, 0.1) is 18.3 Å². The van der Waals surface area contributed by atoms with Gasteiger partial charge in [0.15, 0.2) is 0 Å². The van der Waals surface area contributed by atoms with Gasteiger partial charge >= 0.3 is 0 Å². The monoisotopic (exact) mass is 503 g/mol. The van der Waals surface area contributed by atoms with Crippen molar-refractivity contribution in [2.24, 2.45) is 52.3 Å². The topological polar surface area (TPSA) is 144 Å². The minimum atomic E-state index is -0.414. The maximum atomic E-state index is 12.4. The number of nitrogens with one attached hydrogen (secondary N) is 2. The third-order valence-corrected chi connectivity index (χ3v) is 11.7. The van der Waals surface area contributed by atoms with E-state index < -0.39 is 6.10 Å². The van der Waals surface area contributed by atoms with E-state index in [0.717, 1.165) is 51.4 Å². The Morgan fingerprint density at radius 1 is 1.14 bits per heavy atom. The van der Waals surface area contributed by atoms with Crippen LogP contribution in [0, 0.1) is 52.3 Å². The molecular weight excluding hydrogens is 458 g/mol. The lowest BCUT2D eigenvalue weighted by molar-refractivity contribution is -0.228. The number of H-pyrrole nitrogens is 1. The van der Waals surface area contributed by atoms with E-state index in [9.17, 15) is 20.1 Å². The van der Waals surface area contributed by atoms with Crippen LogP contribution in [-0.4, -0.2) is 60.2 Å². The number of hydrogen-bond donors (Lipinski definition) is 5. The van der Waals surface area contributed by atoms with E-state index in [1.54, 1.807) is 0 Å². The normalized spacial score (nSPS) is 46.9. The van der Waals surface area contributed by atoms with Crippen LogP contribution in [0.3, 0.4) is 0 Å². The second-order valence-corrected chi connectivity index (χ2v) is 13.0. The Morgan fingerprint density at radius 2 is 1.92 bits per heavy atom. The van der Waals surface area contributed by atoms with Gasteiger partial charge in [0.25, 0.3) is 0 Å². The van der Waals surface area contributed by atoms with Crippen LogP contribution < -0.4 is 5.32 Å². The molecule has 9 heteroatoms. The summed E-state index contributed by atoms with van der Waals surface area (Å²) in [6.45, 7) is 9.06. The molecule has 0 saturated heterocycles. The lowest BCUT2D eigenvalue weighted by atomic mass is 9.41. The molecule has 4 fully saturated rings. The summed E-state index contributed by atoms with van der Waals surface area (Å²) in [6.07, 6.45) is 6.35. The van der Waals surface area contributed by atoms with Crippen LogP contribution in [0.25, 0.3) is 0 Å². The summed E-state index contributed by atoms with van der Waals surface area (Å²) in [6, 6.07) is 0. The molecule has 36 heavy (non-hydrogen) atoms. The molecular formula is C27H45N5O4. The number of rotatable bonds is 6. The highest BCUT2D eigenvalue weighted by molar-refractivity contribution is 5.88. The summed E-state index contributed by atoms with van der Waals surface area (Å²) in [5, 5.41) is 50.0. The van der Waals surface area contributed by atoms with Crippen LogP contribution in [0.4, 0.5) is 5.95 Å². The third-order valence-electron chi connectivity index (χ3n) is 11.7. The van der Waals surface area contributed by atoms with Gasteiger partial charge in [-0.05, 0) is 108 Å². The lowest BCUT2D eigenvalue weighted by Gasteiger charge is -2.65. The number of amides is 1. The van der Waals surface area contributed by atoms with Gasteiger partial charge in [-0.15, -0.1) is 0 Å². The van der Waals surface area contributed by atoms with Crippen molar-refractivity contribution in [1.82, 2.24) is 20.6 Å². The third kappa shape index (κ3) is 4.00. The van der Waals surface area contributed by atoms with Gasteiger partial charge in [-0.25, -0.2) is 5.10 Å². The summed E-state index contributed by atoms with van der Waals surface area (Å²) in [5.74, 6) is 2.01. The van der Waals surface area contributed by atoms with E-state index in [-0.39, 0.29) is 64.5 Å². The first-order chi connectivity index (χ1) is 17.1. The second-order valence-electron chi connectivity index (χ2n) is 13.0. The number of aliphatic hydroxyl groups is 3. The molecule has 0 aliphatic heterocycles. The van der Waals surface area contributed by atoms with Gasteiger partial charge in [0.2, 0.25) is 11.9 Å². The molecule has 1 aromatic heterocycles. The molecule has 0 spiro atoms. The Kier molecular flexibility index (Phi) is 6.96. The molecule has 5 N–H and O–H groups in total. The Hall–Kier alpha value is -1.58. The number of fused-ring (bicyclic) bond motifs is 5. The predicted octanol–water partition coefficient (Wildman–Crippen LogP) is 3.15. The molecule has 4 aliphatic carbocycles. The van der Waals surface area contributed by atoms with Gasteiger partial charge in [-0.3, -0.25) is 10.1 Å². The zero-order chi connectivity index (χ0) is 25.8. The van der Waals surface area contributed by atoms with E-state index in [2.05, 4.69) is 53.6 Å². The Morgan fingerprint density at radius 3 is 2.61 bits per heavy atom. The van der Waals surface area contributed by atoms with E-state index in [4.69, 9.17) is 0 Å². The quantitative estimate of drug-likeness (QED) is 0.401. The highest BCUT2D eigenvalue weighted by atomic mass is 16.3. The smallest absolute Gasteiger partial charge is 0.246 e. The minimum absolute atomic E-state index is 0.0590. The van der Waals surface area contributed by atoms with E-state index in [0.29, 0.717) is 18.3 Å². The summed E-state index contributed by atoms with van der Waals surface area (Å²) in [7, 11) is 0. The summed E-state index contributed by atoms with van der Waals surface area (Å²) >= 11 is 0. The number of aliphatic hydroxyl groups excluding tert-OH is 3. The van der Waals surface area contributed by atoms with Crippen molar-refractivity contribution >= 4 is 11.9 Å². The number of tetrazole rings is 1. The molecule has 0 aromatic carbocycles. The van der Waals surface area contributed by atoms with Crippen LogP contribution >= 0.6 is 0 Å². The first kappa shape index (κ1) is 26.0. The van der Waals surface area contributed by atoms with Crippen molar-refractivity contribution in [2.75, 3.05) is 5.32 Å². The highest BCUT2D eigenvalue weighted by Gasteiger charge is 2.67. The van der Waals surface area contributed by atoms with Crippen molar-refractivity contribution in [3.63, 3.8) is 0 Å². The molecule has 9 nitrogen and oxygen atoms in total. The largest absolute Gasteiger partial charge is 0.393 e. The van der Waals surface area contributed by atoms with Crippen LogP contribution in [-0.2, 0) is 4.79 Å². The van der Waals surface area contributed by atoms with Crippen molar-refractivity contribution in [2.45, 2.75) is 104 Å². The Bertz CT molecular complexity index is 929. The molecule has 4 saturated carbocycles. The summed E-state index contributed by atoms with van der Waals surface area (Å²) < 4.78 is 0. The van der Waals surface area contributed by atoms with Gasteiger partial charge in [0, 0.05) is 6.42 Å².